The van der Waals surface area contributed by atoms with Gasteiger partial charge in [-0.2, -0.15) is 0 Å². The largest absolute Gasteiger partial charge is 0.673 e. The van der Waals surface area contributed by atoms with Crippen molar-refractivity contribution in [3.05, 3.63) is 72.8 Å². The minimum atomic E-state index is -6.00. The van der Waals surface area contributed by atoms with Crippen LogP contribution in [0.4, 0.5) is 17.3 Å². The summed E-state index contributed by atoms with van der Waals surface area (Å²) in [5.74, 6) is 2.54. The highest BCUT2D eigenvalue weighted by Crippen LogP contribution is 2.27. The van der Waals surface area contributed by atoms with E-state index in [1.54, 1.807) is 7.11 Å². The fourth-order valence-corrected chi connectivity index (χ4v) is 2.08. The molecule has 0 fully saturated rings. The van der Waals surface area contributed by atoms with Crippen LogP contribution in [0.3, 0.4) is 0 Å². The molecule has 0 atom stereocenters. The van der Waals surface area contributed by atoms with E-state index >= 15 is 0 Å². The molecule has 7 heteroatoms. The molecule has 0 aliphatic rings. The number of methoxy groups -OCH3 is 1. The van der Waals surface area contributed by atoms with Crippen LogP contribution < -0.4 is 4.74 Å². The second kappa shape index (κ2) is 8.33. The molecule has 1 heterocycles. The Bertz CT molecular complexity index is 784. The van der Waals surface area contributed by atoms with Gasteiger partial charge in [-0.15, -0.1) is 0 Å². The predicted octanol–water partition coefficient (Wildman–Crippen LogP) is 6.20. The minimum Gasteiger partial charge on any atom is -0.497 e. The quantitative estimate of drug-likeness (QED) is 0.318. The lowest BCUT2D eigenvalue weighted by atomic mass is 10.1. The molecular weight excluding hydrogens is 335 g/mol. The molecule has 0 saturated heterocycles. The summed E-state index contributed by atoms with van der Waals surface area (Å²) < 4.78 is 50.1. The Kier molecular flexibility index (Phi) is 6.17. The van der Waals surface area contributed by atoms with Gasteiger partial charge in [0.05, 0.1) is 18.2 Å². The van der Waals surface area contributed by atoms with Crippen molar-refractivity contribution in [3.8, 4) is 28.4 Å². The predicted molar refractivity (Wildman–Crippen MR) is 90.7 cm³/mol. The smallest absolute Gasteiger partial charge is 0.497 e. The van der Waals surface area contributed by atoms with Gasteiger partial charge >= 0.3 is 18.8 Å². The van der Waals surface area contributed by atoms with Crippen LogP contribution in [0.25, 0.3) is 22.6 Å². The average Bonchev–Trinajstić information content (AvgIpc) is 2.61. The first-order chi connectivity index (χ1) is 11.9. The maximum atomic E-state index is 9.75. The molecule has 130 valence electrons. The summed E-state index contributed by atoms with van der Waals surface area (Å²) in [4.78, 5) is 0. The molecule has 0 unspecified atom stereocenters. The maximum Gasteiger partial charge on any atom is 0.673 e. The third-order valence-electron chi connectivity index (χ3n) is 3.15. The number of halogens is 4. The lowest BCUT2D eigenvalue weighted by Crippen LogP contribution is -2.02. The number of hydrogen-bond acceptors (Lipinski definition) is 1. The van der Waals surface area contributed by atoms with Crippen molar-refractivity contribution in [2.24, 2.45) is 0 Å². The molecule has 0 aliphatic heterocycles. The Hall–Kier alpha value is -2.83. The van der Waals surface area contributed by atoms with Crippen molar-refractivity contribution >= 4 is 7.25 Å². The molecule has 0 radical (unpaired) electrons. The maximum absolute atomic E-state index is 9.75. The van der Waals surface area contributed by atoms with Crippen molar-refractivity contribution < 1.29 is 26.4 Å². The zero-order valence-corrected chi connectivity index (χ0v) is 13.3. The highest BCUT2D eigenvalue weighted by Gasteiger charge is 2.20. The summed E-state index contributed by atoms with van der Waals surface area (Å²) in [7, 11) is -4.34. The standard InChI is InChI=1S/C18H15O2.BF4/c1-19-16-12-10-15(11-13-16)18-9-5-8-17(20-18)14-6-3-2-4-7-14;2-1(3,4)5/h2-13H,1H3;/q+1;-1. The summed E-state index contributed by atoms with van der Waals surface area (Å²) in [6.45, 7) is 0. The highest BCUT2D eigenvalue weighted by atomic mass is 19.5. The summed E-state index contributed by atoms with van der Waals surface area (Å²) in [5.41, 5.74) is 2.10. The summed E-state index contributed by atoms with van der Waals surface area (Å²) in [5, 5.41) is 0. The summed E-state index contributed by atoms with van der Waals surface area (Å²) >= 11 is 0. The zero-order valence-electron chi connectivity index (χ0n) is 13.3. The normalized spacial score (nSPS) is 10.6. The Morgan fingerprint density at radius 3 is 1.64 bits per heavy atom. The average molecular weight is 350 g/mol. The van der Waals surface area contributed by atoms with Crippen molar-refractivity contribution in [1.29, 1.82) is 0 Å². The van der Waals surface area contributed by atoms with Crippen molar-refractivity contribution in [1.82, 2.24) is 0 Å². The summed E-state index contributed by atoms with van der Waals surface area (Å²) in [6.07, 6.45) is 0. The second-order valence-electron chi connectivity index (χ2n) is 4.95. The Labute approximate surface area is 142 Å². The number of benzene rings is 2. The third-order valence-corrected chi connectivity index (χ3v) is 3.15. The molecule has 1 aromatic heterocycles. The van der Waals surface area contributed by atoms with Gasteiger partial charge in [0.1, 0.15) is 5.75 Å². The Morgan fingerprint density at radius 2 is 1.16 bits per heavy atom. The van der Waals surface area contributed by atoms with Crippen LogP contribution in [0.5, 0.6) is 5.75 Å². The van der Waals surface area contributed by atoms with E-state index in [0.29, 0.717) is 0 Å². The van der Waals surface area contributed by atoms with E-state index in [-0.39, 0.29) is 0 Å². The zero-order chi connectivity index (χ0) is 18.3. The van der Waals surface area contributed by atoms with E-state index in [1.807, 2.05) is 72.8 Å². The van der Waals surface area contributed by atoms with Gasteiger partial charge in [-0.05, 0) is 42.5 Å². The topological polar surface area (TPSA) is 20.5 Å². The molecule has 0 N–H and O–H groups in total. The van der Waals surface area contributed by atoms with Crippen LogP contribution in [-0.4, -0.2) is 14.4 Å². The first-order valence-electron chi connectivity index (χ1n) is 7.37. The molecule has 0 amide bonds. The van der Waals surface area contributed by atoms with E-state index in [4.69, 9.17) is 9.15 Å². The molecule has 3 rings (SSSR count). The molecule has 0 spiro atoms. The van der Waals surface area contributed by atoms with Gasteiger partial charge in [0.25, 0.3) is 0 Å². The molecule has 2 nitrogen and oxygen atoms in total. The van der Waals surface area contributed by atoms with Crippen LogP contribution in [0, 0.1) is 0 Å². The van der Waals surface area contributed by atoms with E-state index < -0.39 is 7.25 Å². The fourth-order valence-electron chi connectivity index (χ4n) is 2.08. The minimum absolute atomic E-state index is 0.841. The van der Waals surface area contributed by atoms with Crippen LogP contribution >= 0.6 is 0 Å². The van der Waals surface area contributed by atoms with Gasteiger partial charge in [-0.1, -0.05) is 18.2 Å². The highest BCUT2D eigenvalue weighted by molar-refractivity contribution is 6.50. The van der Waals surface area contributed by atoms with Gasteiger partial charge in [-0.3, -0.25) is 0 Å². The number of ether oxygens (including phenoxy) is 1. The molecule has 0 saturated carbocycles. The van der Waals surface area contributed by atoms with Gasteiger partial charge in [0.2, 0.25) is 0 Å². The number of hydrogen-bond donors (Lipinski definition) is 0. The molecule has 3 aromatic rings. The van der Waals surface area contributed by atoms with Crippen LogP contribution in [0.15, 0.2) is 77.2 Å². The van der Waals surface area contributed by atoms with Crippen LogP contribution in [-0.2, 0) is 0 Å². The monoisotopic (exact) mass is 350 g/mol. The van der Waals surface area contributed by atoms with E-state index in [1.165, 1.54) is 0 Å². The first kappa shape index (κ1) is 18.5. The summed E-state index contributed by atoms with van der Waals surface area (Å²) in [6, 6.07) is 23.9. The van der Waals surface area contributed by atoms with Crippen molar-refractivity contribution in [3.63, 3.8) is 0 Å². The Balaban J connectivity index is 0.000000399. The molecule has 2 aromatic carbocycles. The van der Waals surface area contributed by atoms with E-state index in [9.17, 15) is 17.3 Å². The lowest BCUT2D eigenvalue weighted by Gasteiger charge is -1.98. The van der Waals surface area contributed by atoms with Gasteiger partial charge in [-0.25, -0.2) is 4.42 Å². The van der Waals surface area contributed by atoms with E-state index in [0.717, 1.165) is 28.4 Å². The van der Waals surface area contributed by atoms with Gasteiger partial charge in [0.15, 0.2) is 0 Å². The van der Waals surface area contributed by atoms with Crippen molar-refractivity contribution in [2.75, 3.05) is 7.11 Å². The fraction of sp³-hybridized carbons (Fsp3) is 0.0556. The van der Waals surface area contributed by atoms with Gasteiger partial charge in [0, 0.05) is 12.1 Å². The van der Waals surface area contributed by atoms with Crippen LogP contribution in [0.2, 0.25) is 0 Å². The molecule has 0 aliphatic carbocycles. The lowest BCUT2D eigenvalue weighted by molar-refractivity contribution is 0.368. The SMILES string of the molecule is COc1ccc(-c2cccc(-c3ccccc3)[o+]2)cc1.F[B-](F)(F)F. The van der Waals surface area contributed by atoms with Crippen molar-refractivity contribution in [2.45, 2.75) is 0 Å². The second-order valence-corrected chi connectivity index (χ2v) is 4.95. The molecule has 25 heavy (non-hydrogen) atoms. The van der Waals surface area contributed by atoms with E-state index in [2.05, 4.69) is 0 Å². The first-order valence-corrected chi connectivity index (χ1v) is 7.37. The van der Waals surface area contributed by atoms with Gasteiger partial charge < -0.3 is 22.0 Å². The molecule has 0 bridgehead atoms. The molecular formula is C18H15BF4O2. The van der Waals surface area contributed by atoms with Crippen LogP contribution in [0.1, 0.15) is 0 Å². The number of rotatable bonds is 3. The third kappa shape index (κ3) is 6.29. The Morgan fingerprint density at radius 1 is 0.680 bits per heavy atom.